The zero-order chi connectivity index (χ0) is 15.4. The summed E-state index contributed by atoms with van der Waals surface area (Å²) in [4.78, 5) is 17.5. The van der Waals surface area contributed by atoms with Gasteiger partial charge in [-0.1, -0.05) is 36.4 Å². The van der Waals surface area contributed by atoms with Crippen LogP contribution in [0, 0.1) is 0 Å². The molecule has 1 amide bonds. The van der Waals surface area contributed by atoms with Crippen LogP contribution < -0.4 is 5.32 Å². The van der Waals surface area contributed by atoms with Crippen molar-refractivity contribution in [3.63, 3.8) is 0 Å². The highest BCUT2D eigenvalue weighted by atomic mass is 16.4. The van der Waals surface area contributed by atoms with Crippen molar-refractivity contribution in [2.24, 2.45) is 0 Å². The molecule has 0 saturated heterocycles. The summed E-state index contributed by atoms with van der Waals surface area (Å²) in [6, 6.07) is 14.4. The molecule has 0 spiro atoms. The summed E-state index contributed by atoms with van der Waals surface area (Å²) in [5.74, 6) is 0. The Labute approximate surface area is 129 Å². The molecule has 22 heavy (non-hydrogen) atoms. The van der Waals surface area contributed by atoms with Crippen LogP contribution >= 0.6 is 0 Å². The molecular formula is C17H19N3O2. The number of aromatic nitrogens is 1. The second kappa shape index (κ2) is 6.58. The largest absolute Gasteiger partial charge is 0.465 e. The van der Waals surface area contributed by atoms with Gasteiger partial charge in [-0.15, -0.1) is 0 Å². The number of nitrogens with one attached hydrogen (secondary N) is 1. The average molecular weight is 297 g/mol. The van der Waals surface area contributed by atoms with E-state index in [1.165, 1.54) is 11.1 Å². The Balaban J connectivity index is 1.65. The van der Waals surface area contributed by atoms with E-state index in [4.69, 9.17) is 5.11 Å². The topological polar surface area (TPSA) is 65.5 Å². The third-order valence-electron chi connectivity index (χ3n) is 3.85. The van der Waals surface area contributed by atoms with E-state index in [9.17, 15) is 4.79 Å². The smallest absolute Gasteiger partial charge is 0.404 e. The second-order valence-electron chi connectivity index (χ2n) is 5.51. The van der Waals surface area contributed by atoms with Crippen LogP contribution in [0.1, 0.15) is 22.5 Å². The minimum atomic E-state index is -1.02. The highest BCUT2D eigenvalue weighted by Crippen LogP contribution is 2.19. The molecule has 0 unspecified atom stereocenters. The van der Waals surface area contributed by atoms with Gasteiger partial charge in [0.25, 0.3) is 0 Å². The molecule has 0 radical (unpaired) electrons. The summed E-state index contributed by atoms with van der Waals surface area (Å²) in [5.41, 5.74) is 4.43. The minimum Gasteiger partial charge on any atom is -0.465 e. The molecule has 0 saturated carbocycles. The van der Waals surface area contributed by atoms with Crippen molar-refractivity contribution in [3.8, 4) is 0 Å². The predicted molar refractivity (Wildman–Crippen MR) is 83.4 cm³/mol. The van der Waals surface area contributed by atoms with E-state index in [0.29, 0.717) is 0 Å². The normalized spacial score (nSPS) is 14.4. The van der Waals surface area contributed by atoms with Crippen LogP contribution in [0.25, 0.3) is 0 Å². The molecule has 1 aromatic heterocycles. The maximum absolute atomic E-state index is 10.5. The van der Waals surface area contributed by atoms with E-state index in [2.05, 4.69) is 45.5 Å². The SMILES string of the molecule is O=C(O)NCc1ccc2c(n1)CCN(Cc1ccccc1)C2. The summed E-state index contributed by atoms with van der Waals surface area (Å²) in [6.07, 6.45) is -0.114. The average Bonchev–Trinajstić information content (AvgIpc) is 2.54. The maximum Gasteiger partial charge on any atom is 0.404 e. The van der Waals surface area contributed by atoms with Gasteiger partial charge in [0.15, 0.2) is 0 Å². The number of benzene rings is 1. The molecular weight excluding hydrogens is 278 g/mol. The number of pyridine rings is 1. The lowest BCUT2D eigenvalue weighted by atomic mass is 10.0. The lowest BCUT2D eigenvalue weighted by Crippen LogP contribution is -2.31. The second-order valence-corrected chi connectivity index (χ2v) is 5.51. The Hall–Kier alpha value is -2.40. The maximum atomic E-state index is 10.5. The first-order chi connectivity index (χ1) is 10.7. The molecule has 5 heteroatoms. The van der Waals surface area contributed by atoms with Gasteiger partial charge in [-0.3, -0.25) is 9.88 Å². The highest BCUT2D eigenvalue weighted by Gasteiger charge is 2.17. The third kappa shape index (κ3) is 3.62. The first kappa shape index (κ1) is 14.5. The number of amides is 1. The summed E-state index contributed by atoms with van der Waals surface area (Å²) in [7, 11) is 0. The van der Waals surface area contributed by atoms with Crippen LogP contribution in [0.3, 0.4) is 0 Å². The Bertz CT molecular complexity index is 658. The molecule has 5 nitrogen and oxygen atoms in total. The van der Waals surface area contributed by atoms with Gasteiger partial charge in [0.2, 0.25) is 0 Å². The van der Waals surface area contributed by atoms with Crippen molar-refractivity contribution in [2.45, 2.75) is 26.1 Å². The molecule has 3 rings (SSSR count). The van der Waals surface area contributed by atoms with Crippen LogP contribution in [-0.2, 0) is 26.1 Å². The van der Waals surface area contributed by atoms with Gasteiger partial charge >= 0.3 is 6.09 Å². The van der Waals surface area contributed by atoms with Crippen molar-refractivity contribution in [1.82, 2.24) is 15.2 Å². The van der Waals surface area contributed by atoms with Gasteiger partial charge in [0, 0.05) is 31.7 Å². The molecule has 2 N–H and O–H groups in total. The van der Waals surface area contributed by atoms with Gasteiger partial charge in [-0.2, -0.15) is 0 Å². The van der Waals surface area contributed by atoms with Crippen LogP contribution in [0.5, 0.6) is 0 Å². The summed E-state index contributed by atoms with van der Waals surface area (Å²) in [6.45, 7) is 3.08. The van der Waals surface area contributed by atoms with Crippen molar-refractivity contribution in [2.75, 3.05) is 6.54 Å². The zero-order valence-electron chi connectivity index (χ0n) is 12.3. The Morgan fingerprint density at radius 2 is 2.05 bits per heavy atom. The number of nitrogens with zero attached hydrogens (tertiary/aromatic N) is 2. The van der Waals surface area contributed by atoms with Crippen LogP contribution in [-0.4, -0.2) is 27.6 Å². The number of fused-ring (bicyclic) bond motifs is 1. The van der Waals surface area contributed by atoms with Crippen molar-refractivity contribution in [1.29, 1.82) is 0 Å². The molecule has 1 aromatic carbocycles. The molecule has 0 aliphatic carbocycles. The quantitative estimate of drug-likeness (QED) is 0.909. The lowest BCUT2D eigenvalue weighted by Gasteiger charge is -2.28. The van der Waals surface area contributed by atoms with Crippen LogP contribution in [0.4, 0.5) is 4.79 Å². The predicted octanol–water partition coefficient (Wildman–Crippen LogP) is 2.41. The van der Waals surface area contributed by atoms with E-state index in [-0.39, 0.29) is 6.54 Å². The molecule has 2 heterocycles. The number of rotatable bonds is 4. The molecule has 1 aliphatic rings. The summed E-state index contributed by atoms with van der Waals surface area (Å²) < 4.78 is 0. The van der Waals surface area contributed by atoms with E-state index in [1.807, 2.05) is 12.1 Å². The van der Waals surface area contributed by atoms with Gasteiger partial charge in [-0.05, 0) is 17.2 Å². The van der Waals surface area contributed by atoms with E-state index in [1.54, 1.807) is 0 Å². The van der Waals surface area contributed by atoms with Crippen molar-refractivity contribution >= 4 is 6.09 Å². The highest BCUT2D eigenvalue weighted by molar-refractivity contribution is 5.64. The molecule has 0 fully saturated rings. The van der Waals surface area contributed by atoms with Crippen molar-refractivity contribution < 1.29 is 9.90 Å². The van der Waals surface area contributed by atoms with E-state index >= 15 is 0 Å². The van der Waals surface area contributed by atoms with Gasteiger partial charge < -0.3 is 10.4 Å². The fraction of sp³-hybridized carbons (Fsp3) is 0.294. The molecule has 114 valence electrons. The number of carboxylic acid groups (broad SMARTS) is 1. The van der Waals surface area contributed by atoms with Crippen LogP contribution in [0.15, 0.2) is 42.5 Å². The Morgan fingerprint density at radius 3 is 2.82 bits per heavy atom. The van der Waals surface area contributed by atoms with Crippen LogP contribution in [0.2, 0.25) is 0 Å². The zero-order valence-corrected chi connectivity index (χ0v) is 12.3. The first-order valence-electron chi connectivity index (χ1n) is 7.41. The third-order valence-corrected chi connectivity index (χ3v) is 3.85. The summed E-state index contributed by atoms with van der Waals surface area (Å²) >= 11 is 0. The lowest BCUT2D eigenvalue weighted by molar-refractivity contribution is 0.193. The standard InChI is InChI=1S/C17H19N3O2/c21-17(22)18-10-15-7-6-14-12-20(9-8-16(14)19-15)11-13-4-2-1-3-5-13/h1-7,18H,8-12H2,(H,21,22). The fourth-order valence-corrected chi connectivity index (χ4v) is 2.76. The van der Waals surface area contributed by atoms with Gasteiger partial charge in [-0.25, -0.2) is 4.79 Å². The summed E-state index contributed by atoms with van der Waals surface area (Å²) in [5, 5.41) is 11.0. The Kier molecular flexibility index (Phi) is 4.34. The monoisotopic (exact) mass is 297 g/mol. The number of carbonyl (C=O) groups is 1. The Morgan fingerprint density at radius 1 is 1.23 bits per heavy atom. The van der Waals surface area contributed by atoms with E-state index in [0.717, 1.165) is 37.4 Å². The number of hydrogen-bond donors (Lipinski definition) is 2. The minimum absolute atomic E-state index is 0.260. The van der Waals surface area contributed by atoms with Gasteiger partial charge in [0.1, 0.15) is 0 Å². The van der Waals surface area contributed by atoms with Crippen molar-refractivity contribution in [3.05, 3.63) is 65.0 Å². The first-order valence-corrected chi connectivity index (χ1v) is 7.41. The molecule has 1 aliphatic heterocycles. The van der Waals surface area contributed by atoms with Gasteiger partial charge in [0.05, 0.1) is 12.2 Å². The molecule has 0 atom stereocenters. The van der Waals surface area contributed by atoms with E-state index < -0.39 is 6.09 Å². The number of hydrogen-bond acceptors (Lipinski definition) is 3. The fourth-order valence-electron chi connectivity index (χ4n) is 2.76. The molecule has 0 bridgehead atoms. The molecule has 2 aromatic rings.